The second-order valence-electron chi connectivity index (χ2n) is 5.52. The summed E-state index contributed by atoms with van der Waals surface area (Å²) in [5.74, 6) is -0.115. The summed E-state index contributed by atoms with van der Waals surface area (Å²) in [6.07, 6.45) is 0. The first-order valence-electron chi connectivity index (χ1n) is 7.24. The molecule has 1 aromatic heterocycles. The van der Waals surface area contributed by atoms with E-state index in [9.17, 15) is 14.5 Å². The molecule has 0 radical (unpaired) electrons. The van der Waals surface area contributed by atoms with Crippen molar-refractivity contribution in [3.05, 3.63) is 52.4 Å². The molecule has 1 unspecified atom stereocenters. The quantitative estimate of drug-likeness (QED) is 0.695. The first kappa shape index (κ1) is 16.3. The monoisotopic (exact) mass is 344 g/mol. The molecule has 3 rings (SSSR count). The molecule has 0 bridgehead atoms. The fourth-order valence-corrected chi connectivity index (χ4v) is 3.92. The van der Waals surface area contributed by atoms with Crippen LogP contribution in [0.25, 0.3) is 10.1 Å². The summed E-state index contributed by atoms with van der Waals surface area (Å²) in [7, 11) is -0.277. The number of hydrogen-bond acceptors (Lipinski definition) is 4. The SMILES string of the molecule is COc1ccc2c(c1)c(Oc1cc(C)cc(C)c1)c(C(=O)O)[s+]2[O-]. The van der Waals surface area contributed by atoms with Crippen LogP contribution < -0.4 is 9.47 Å². The summed E-state index contributed by atoms with van der Waals surface area (Å²) in [5, 5.41) is 9.95. The minimum atomic E-state index is -1.79. The lowest BCUT2D eigenvalue weighted by atomic mass is 10.1. The third kappa shape index (κ3) is 2.81. The van der Waals surface area contributed by atoms with E-state index in [2.05, 4.69) is 0 Å². The average molecular weight is 344 g/mol. The molecule has 6 heteroatoms. The molecule has 0 aliphatic rings. The Kier molecular flexibility index (Phi) is 4.17. The molecular formula is C18H16O5S. The van der Waals surface area contributed by atoms with E-state index in [1.54, 1.807) is 30.3 Å². The first-order chi connectivity index (χ1) is 11.4. The molecule has 0 saturated carbocycles. The van der Waals surface area contributed by atoms with Gasteiger partial charge in [-0.25, -0.2) is 4.79 Å². The number of fused-ring (bicyclic) bond motifs is 1. The zero-order valence-electron chi connectivity index (χ0n) is 13.5. The van der Waals surface area contributed by atoms with E-state index in [1.807, 2.05) is 19.9 Å². The Morgan fingerprint density at radius 2 is 1.75 bits per heavy atom. The van der Waals surface area contributed by atoms with Crippen molar-refractivity contribution in [1.82, 2.24) is 0 Å². The van der Waals surface area contributed by atoms with Crippen LogP contribution in [-0.2, 0) is 0 Å². The summed E-state index contributed by atoms with van der Waals surface area (Å²) in [6.45, 7) is 3.85. The van der Waals surface area contributed by atoms with Gasteiger partial charge in [-0.05, 0) is 60.0 Å². The summed E-state index contributed by atoms with van der Waals surface area (Å²) in [5.41, 5.74) is 1.99. The summed E-state index contributed by atoms with van der Waals surface area (Å²) in [6, 6.07) is 10.5. The maximum Gasteiger partial charge on any atom is 0.393 e. The van der Waals surface area contributed by atoms with E-state index in [0.717, 1.165) is 11.1 Å². The Labute approximate surface area is 141 Å². The van der Waals surface area contributed by atoms with Gasteiger partial charge in [0.15, 0.2) is 4.70 Å². The van der Waals surface area contributed by atoms with E-state index in [4.69, 9.17) is 9.47 Å². The van der Waals surface area contributed by atoms with Crippen molar-refractivity contribution in [3.8, 4) is 17.2 Å². The molecule has 0 aliphatic carbocycles. The smallest absolute Gasteiger partial charge is 0.393 e. The van der Waals surface area contributed by atoms with Crippen LogP contribution in [0.4, 0.5) is 0 Å². The third-order valence-electron chi connectivity index (χ3n) is 3.63. The molecular weight excluding hydrogens is 328 g/mol. The van der Waals surface area contributed by atoms with Gasteiger partial charge in [-0.2, -0.15) is 0 Å². The zero-order valence-corrected chi connectivity index (χ0v) is 14.3. The lowest BCUT2D eigenvalue weighted by Crippen LogP contribution is -1.97. The molecule has 5 nitrogen and oxygen atoms in total. The van der Waals surface area contributed by atoms with Gasteiger partial charge in [0.05, 0.1) is 12.5 Å². The van der Waals surface area contributed by atoms with Gasteiger partial charge in [0, 0.05) is 6.07 Å². The van der Waals surface area contributed by atoms with Gasteiger partial charge < -0.3 is 19.1 Å². The van der Waals surface area contributed by atoms with Gasteiger partial charge in [0.1, 0.15) is 11.5 Å². The highest BCUT2D eigenvalue weighted by molar-refractivity contribution is 7.33. The lowest BCUT2D eigenvalue weighted by molar-refractivity contribution is 0.0699. The molecule has 1 heterocycles. The predicted octanol–water partition coefficient (Wildman–Crippen LogP) is 4.68. The lowest BCUT2D eigenvalue weighted by Gasteiger charge is -2.07. The Morgan fingerprint density at radius 3 is 2.33 bits per heavy atom. The highest BCUT2D eigenvalue weighted by Crippen LogP contribution is 2.46. The number of methoxy groups -OCH3 is 1. The molecule has 2 aromatic carbocycles. The summed E-state index contributed by atoms with van der Waals surface area (Å²) < 4.78 is 24.0. The molecule has 0 amide bonds. The Balaban J connectivity index is 2.23. The number of carboxylic acids is 1. The second kappa shape index (κ2) is 6.14. The molecule has 0 aliphatic heterocycles. The highest BCUT2D eigenvalue weighted by Gasteiger charge is 2.30. The first-order valence-corrected chi connectivity index (χ1v) is 8.39. The topological polar surface area (TPSA) is 78.8 Å². The van der Waals surface area contributed by atoms with E-state index < -0.39 is 16.7 Å². The van der Waals surface area contributed by atoms with Crippen molar-refractivity contribution < 1.29 is 23.9 Å². The number of benzene rings is 2. The maximum absolute atomic E-state index is 12.5. The van der Waals surface area contributed by atoms with E-state index in [1.165, 1.54) is 7.11 Å². The molecule has 0 fully saturated rings. The minimum Gasteiger partial charge on any atom is -0.589 e. The van der Waals surface area contributed by atoms with Gasteiger partial charge in [-0.3, -0.25) is 0 Å². The normalized spacial score (nSPS) is 11.6. The maximum atomic E-state index is 12.5. The van der Waals surface area contributed by atoms with E-state index in [-0.39, 0.29) is 10.6 Å². The van der Waals surface area contributed by atoms with Gasteiger partial charge in [-0.15, -0.1) is 0 Å². The van der Waals surface area contributed by atoms with Crippen LogP contribution in [0.2, 0.25) is 0 Å². The van der Waals surface area contributed by atoms with Crippen molar-refractivity contribution in [2.75, 3.05) is 7.11 Å². The van der Waals surface area contributed by atoms with Gasteiger partial charge in [0.2, 0.25) is 5.75 Å². The van der Waals surface area contributed by atoms with Crippen molar-refractivity contribution in [2.24, 2.45) is 0 Å². The molecule has 1 N–H and O–H groups in total. The van der Waals surface area contributed by atoms with Crippen molar-refractivity contribution in [2.45, 2.75) is 13.8 Å². The van der Waals surface area contributed by atoms with Crippen LogP contribution in [0.3, 0.4) is 0 Å². The van der Waals surface area contributed by atoms with Gasteiger partial charge in [-0.1, -0.05) is 6.07 Å². The third-order valence-corrected chi connectivity index (χ3v) is 5.12. The number of hydrogen-bond donors (Lipinski definition) is 1. The largest absolute Gasteiger partial charge is 0.589 e. The fraction of sp³-hybridized carbons (Fsp3) is 0.167. The summed E-state index contributed by atoms with van der Waals surface area (Å²) >= 11 is 0. The van der Waals surface area contributed by atoms with Gasteiger partial charge in [0.25, 0.3) is 0 Å². The molecule has 1 atom stereocenters. The Hall–Kier alpha value is -2.57. The number of aryl methyl sites for hydroxylation is 2. The van der Waals surface area contributed by atoms with E-state index >= 15 is 0 Å². The number of carbonyl (C=O) groups is 1. The number of rotatable bonds is 4. The standard InChI is InChI=1S/C18H16O5S/c1-10-6-11(2)8-13(7-10)23-16-14-9-12(22-3)4-5-15(14)24(21)17(16)18(19)20/h4-9H,1-3H3,(H,19,20). The number of ether oxygens (including phenoxy) is 2. The van der Waals surface area contributed by atoms with Crippen LogP contribution in [0.15, 0.2) is 36.4 Å². The van der Waals surface area contributed by atoms with Crippen molar-refractivity contribution in [1.29, 1.82) is 0 Å². The second-order valence-corrected chi connectivity index (χ2v) is 6.91. The number of carboxylic acid groups (broad SMARTS) is 1. The average Bonchev–Trinajstić information content (AvgIpc) is 2.78. The van der Waals surface area contributed by atoms with Crippen LogP contribution in [-0.4, -0.2) is 22.7 Å². The molecule has 3 aromatic rings. The van der Waals surface area contributed by atoms with Crippen LogP contribution in [0.1, 0.15) is 20.8 Å². The molecule has 0 spiro atoms. The van der Waals surface area contributed by atoms with Crippen molar-refractivity contribution >= 4 is 26.8 Å². The summed E-state index contributed by atoms with van der Waals surface area (Å²) in [4.78, 5) is 11.4. The zero-order chi connectivity index (χ0) is 17.4. The molecule has 24 heavy (non-hydrogen) atoms. The van der Waals surface area contributed by atoms with Crippen LogP contribution in [0.5, 0.6) is 17.2 Å². The predicted molar refractivity (Wildman–Crippen MR) is 92.1 cm³/mol. The number of thiophene rings is 1. The van der Waals surface area contributed by atoms with Gasteiger partial charge >= 0.3 is 10.8 Å². The van der Waals surface area contributed by atoms with Crippen LogP contribution >= 0.6 is 10.8 Å². The number of aromatic carboxylic acids is 1. The van der Waals surface area contributed by atoms with Crippen molar-refractivity contribution in [3.63, 3.8) is 0 Å². The Morgan fingerprint density at radius 1 is 1.08 bits per heavy atom. The van der Waals surface area contributed by atoms with Crippen LogP contribution in [0, 0.1) is 13.8 Å². The van der Waals surface area contributed by atoms with E-state index in [0.29, 0.717) is 21.6 Å². The Bertz CT molecular complexity index is 922. The fourth-order valence-electron chi connectivity index (χ4n) is 2.68. The highest BCUT2D eigenvalue weighted by atomic mass is 32.2. The molecule has 0 saturated heterocycles. The molecule has 124 valence electrons. The minimum absolute atomic E-state index is 0.0970.